The first-order valence-electron chi connectivity index (χ1n) is 10.6. The summed E-state index contributed by atoms with van der Waals surface area (Å²) in [6.45, 7) is 10.8. The van der Waals surface area contributed by atoms with E-state index < -0.39 is 17.8 Å². The minimum absolute atomic E-state index is 0.0745. The molecule has 3 rings (SSSR count). The van der Waals surface area contributed by atoms with E-state index >= 15 is 0 Å². The number of likely N-dealkylation sites (tertiary alicyclic amines) is 1. The number of benzene rings is 1. The predicted molar refractivity (Wildman–Crippen MR) is 112 cm³/mol. The number of alkyl carbamates (subject to hydrolysis) is 1. The van der Waals surface area contributed by atoms with Crippen LogP contribution in [0.3, 0.4) is 0 Å². The van der Waals surface area contributed by atoms with Gasteiger partial charge in [0.15, 0.2) is 0 Å². The van der Waals surface area contributed by atoms with Gasteiger partial charge in [-0.15, -0.1) is 0 Å². The van der Waals surface area contributed by atoms with Gasteiger partial charge in [-0.1, -0.05) is 18.2 Å². The molecule has 0 bridgehead atoms. The third-order valence-electron chi connectivity index (χ3n) is 5.71. The SMILES string of the molecule is Cc1ccc([C@H]2CCCN2C(=O)[C@@H]2CC[C@H](CNC(=O)OC(C)(C)C)O2)cc1C. The standard InChI is InChI=1S/C23H34N2O4/c1-15-8-9-17(13-16(15)2)19-7-6-12-25(19)21(26)20-11-10-18(28-20)14-24-22(27)29-23(3,4)5/h8-9,13,18-20H,6-7,10-12,14H2,1-5H3,(H,24,27)/t18-,19-,20+/m1/s1. The second kappa shape index (κ2) is 8.74. The summed E-state index contributed by atoms with van der Waals surface area (Å²) in [7, 11) is 0. The lowest BCUT2D eigenvalue weighted by Crippen LogP contribution is -2.40. The molecule has 0 aromatic heterocycles. The number of carbonyl (C=O) groups excluding carboxylic acids is 2. The Hall–Kier alpha value is -2.08. The molecule has 6 nitrogen and oxygen atoms in total. The van der Waals surface area contributed by atoms with E-state index in [9.17, 15) is 9.59 Å². The summed E-state index contributed by atoms with van der Waals surface area (Å²) in [4.78, 5) is 27.0. The van der Waals surface area contributed by atoms with Gasteiger partial charge in [-0.05, 0) is 77.0 Å². The fourth-order valence-electron chi connectivity index (χ4n) is 4.08. The predicted octanol–water partition coefficient (Wildman–Crippen LogP) is 4.04. The van der Waals surface area contributed by atoms with E-state index in [2.05, 4.69) is 37.4 Å². The molecule has 29 heavy (non-hydrogen) atoms. The Balaban J connectivity index is 1.55. The van der Waals surface area contributed by atoms with Gasteiger partial charge in [-0.2, -0.15) is 0 Å². The summed E-state index contributed by atoms with van der Waals surface area (Å²) in [5, 5.41) is 2.75. The van der Waals surface area contributed by atoms with Gasteiger partial charge >= 0.3 is 6.09 Å². The van der Waals surface area contributed by atoms with Crippen LogP contribution in [-0.4, -0.2) is 47.8 Å². The lowest BCUT2D eigenvalue weighted by atomic mass is 9.99. The Morgan fingerprint density at radius 2 is 1.93 bits per heavy atom. The number of aryl methyl sites for hydroxylation is 2. The molecule has 0 saturated carbocycles. The van der Waals surface area contributed by atoms with Gasteiger partial charge in [0.1, 0.15) is 11.7 Å². The summed E-state index contributed by atoms with van der Waals surface area (Å²) in [5.74, 6) is 0.0745. The third-order valence-corrected chi connectivity index (χ3v) is 5.71. The molecule has 2 aliphatic rings. The van der Waals surface area contributed by atoms with Gasteiger partial charge in [-0.25, -0.2) is 4.79 Å². The maximum absolute atomic E-state index is 13.1. The highest BCUT2D eigenvalue weighted by Crippen LogP contribution is 2.35. The van der Waals surface area contributed by atoms with Crippen LogP contribution >= 0.6 is 0 Å². The number of amides is 2. The number of hydrogen-bond acceptors (Lipinski definition) is 4. The zero-order valence-electron chi connectivity index (χ0n) is 18.3. The molecule has 2 saturated heterocycles. The summed E-state index contributed by atoms with van der Waals surface area (Å²) in [5.41, 5.74) is 3.20. The van der Waals surface area contributed by atoms with Gasteiger partial charge < -0.3 is 19.7 Å². The zero-order chi connectivity index (χ0) is 21.2. The average molecular weight is 403 g/mol. The molecule has 0 aliphatic carbocycles. The Morgan fingerprint density at radius 1 is 1.17 bits per heavy atom. The van der Waals surface area contributed by atoms with Crippen LogP contribution in [0.4, 0.5) is 4.79 Å². The maximum Gasteiger partial charge on any atom is 0.407 e. The topological polar surface area (TPSA) is 67.9 Å². The number of nitrogens with one attached hydrogen (secondary N) is 1. The number of hydrogen-bond donors (Lipinski definition) is 1. The van der Waals surface area contributed by atoms with Crippen molar-refractivity contribution < 1.29 is 19.1 Å². The normalized spacial score (nSPS) is 24.6. The van der Waals surface area contributed by atoms with Crippen LogP contribution in [0.5, 0.6) is 0 Å². The molecule has 0 spiro atoms. The largest absolute Gasteiger partial charge is 0.444 e. The van der Waals surface area contributed by atoms with Crippen molar-refractivity contribution >= 4 is 12.0 Å². The van der Waals surface area contributed by atoms with Crippen molar-refractivity contribution in [1.82, 2.24) is 10.2 Å². The summed E-state index contributed by atoms with van der Waals surface area (Å²) >= 11 is 0. The number of carbonyl (C=O) groups is 2. The van der Waals surface area contributed by atoms with E-state index in [4.69, 9.17) is 9.47 Å². The molecule has 2 aliphatic heterocycles. The highest BCUT2D eigenvalue weighted by atomic mass is 16.6. The highest BCUT2D eigenvalue weighted by molar-refractivity contribution is 5.82. The van der Waals surface area contributed by atoms with Crippen molar-refractivity contribution in [2.24, 2.45) is 0 Å². The average Bonchev–Trinajstić information content (AvgIpc) is 3.30. The van der Waals surface area contributed by atoms with E-state index in [1.165, 1.54) is 16.7 Å². The fourth-order valence-corrected chi connectivity index (χ4v) is 4.08. The summed E-state index contributed by atoms with van der Waals surface area (Å²) in [6, 6.07) is 6.61. The van der Waals surface area contributed by atoms with Crippen molar-refractivity contribution in [3.05, 3.63) is 34.9 Å². The van der Waals surface area contributed by atoms with Gasteiger partial charge in [0.2, 0.25) is 0 Å². The van der Waals surface area contributed by atoms with Crippen LogP contribution in [0.15, 0.2) is 18.2 Å². The molecule has 2 fully saturated rings. The molecule has 1 aromatic carbocycles. The Bertz CT molecular complexity index is 756. The van der Waals surface area contributed by atoms with E-state index in [1.54, 1.807) is 0 Å². The van der Waals surface area contributed by atoms with Gasteiger partial charge in [0.05, 0.1) is 12.1 Å². The van der Waals surface area contributed by atoms with Crippen LogP contribution in [-0.2, 0) is 14.3 Å². The molecule has 2 amide bonds. The second-order valence-corrected chi connectivity index (χ2v) is 9.24. The molecule has 0 unspecified atom stereocenters. The van der Waals surface area contributed by atoms with E-state index in [1.807, 2.05) is 25.7 Å². The van der Waals surface area contributed by atoms with Gasteiger partial charge in [-0.3, -0.25) is 4.79 Å². The molecule has 1 N–H and O–H groups in total. The first-order chi connectivity index (χ1) is 13.6. The zero-order valence-corrected chi connectivity index (χ0v) is 18.3. The highest BCUT2D eigenvalue weighted by Gasteiger charge is 2.38. The fraction of sp³-hybridized carbons (Fsp3) is 0.652. The first kappa shape index (κ1) is 21.6. The van der Waals surface area contributed by atoms with Crippen molar-refractivity contribution in [1.29, 1.82) is 0 Å². The molecular weight excluding hydrogens is 368 g/mol. The van der Waals surface area contributed by atoms with Crippen LogP contribution in [0.25, 0.3) is 0 Å². The maximum atomic E-state index is 13.1. The molecular formula is C23H34N2O4. The Labute approximate surface area is 173 Å². The lowest BCUT2D eigenvalue weighted by molar-refractivity contribution is -0.143. The smallest absolute Gasteiger partial charge is 0.407 e. The van der Waals surface area contributed by atoms with Gasteiger partial charge in [0.25, 0.3) is 5.91 Å². The van der Waals surface area contributed by atoms with Crippen LogP contribution in [0.2, 0.25) is 0 Å². The van der Waals surface area contributed by atoms with E-state index in [0.29, 0.717) is 13.0 Å². The second-order valence-electron chi connectivity index (χ2n) is 9.24. The number of rotatable bonds is 4. The van der Waals surface area contributed by atoms with Crippen molar-refractivity contribution in [2.45, 2.75) is 84.2 Å². The van der Waals surface area contributed by atoms with Crippen molar-refractivity contribution in [2.75, 3.05) is 13.1 Å². The van der Waals surface area contributed by atoms with Crippen LogP contribution in [0.1, 0.15) is 69.2 Å². The number of ether oxygens (including phenoxy) is 2. The molecule has 1 aromatic rings. The van der Waals surface area contributed by atoms with E-state index in [0.717, 1.165) is 25.8 Å². The van der Waals surface area contributed by atoms with Crippen LogP contribution in [0, 0.1) is 13.8 Å². The minimum atomic E-state index is -0.530. The van der Waals surface area contributed by atoms with E-state index in [-0.39, 0.29) is 18.1 Å². The Morgan fingerprint density at radius 3 is 2.62 bits per heavy atom. The quantitative estimate of drug-likeness (QED) is 0.825. The summed E-state index contributed by atoms with van der Waals surface area (Å²) < 4.78 is 11.2. The van der Waals surface area contributed by atoms with Crippen molar-refractivity contribution in [3.63, 3.8) is 0 Å². The molecule has 160 valence electrons. The Kier molecular flexibility index (Phi) is 6.52. The van der Waals surface area contributed by atoms with Gasteiger partial charge in [0, 0.05) is 13.1 Å². The lowest BCUT2D eigenvalue weighted by Gasteiger charge is -2.28. The number of nitrogens with zero attached hydrogens (tertiary/aromatic N) is 1. The minimum Gasteiger partial charge on any atom is -0.444 e. The molecule has 0 radical (unpaired) electrons. The monoisotopic (exact) mass is 402 g/mol. The van der Waals surface area contributed by atoms with Crippen LogP contribution < -0.4 is 5.32 Å². The first-order valence-corrected chi connectivity index (χ1v) is 10.6. The molecule has 6 heteroatoms. The molecule has 2 heterocycles. The summed E-state index contributed by atoms with van der Waals surface area (Å²) in [6.07, 6.45) is 2.42. The molecule has 3 atom stereocenters. The van der Waals surface area contributed by atoms with Crippen molar-refractivity contribution in [3.8, 4) is 0 Å². The third kappa shape index (κ3) is 5.50.